The average molecular weight is 351 g/mol. The van der Waals surface area contributed by atoms with Gasteiger partial charge >= 0.3 is 0 Å². The molecule has 2 aromatic rings. The second-order valence-corrected chi connectivity index (χ2v) is 7.88. The standard InChI is InChI=1S/C21H25N3O2/c1-26-17-8-6-15(7-9-17)11-22-13-19-20(14-22)24(12-16-4-5-16)21(25)18-3-2-10-23(18)19/h2-3,6-10,16,19-20H,4-5,11-14H2,1H3. The van der Waals surface area contributed by atoms with Gasteiger partial charge in [-0.05, 0) is 48.6 Å². The number of amides is 1. The van der Waals surface area contributed by atoms with E-state index in [1.165, 1.54) is 18.4 Å². The molecule has 5 rings (SSSR count). The molecule has 2 aliphatic heterocycles. The topological polar surface area (TPSA) is 37.7 Å². The molecule has 1 saturated carbocycles. The maximum absolute atomic E-state index is 13.0. The molecule has 1 amide bonds. The number of hydrogen-bond donors (Lipinski definition) is 0. The van der Waals surface area contributed by atoms with E-state index in [9.17, 15) is 4.79 Å². The lowest BCUT2D eigenvalue weighted by Crippen LogP contribution is -2.51. The van der Waals surface area contributed by atoms with Gasteiger partial charge in [0.2, 0.25) is 0 Å². The van der Waals surface area contributed by atoms with Crippen LogP contribution in [0.2, 0.25) is 0 Å². The Hall–Kier alpha value is -2.27. The van der Waals surface area contributed by atoms with Gasteiger partial charge < -0.3 is 14.2 Å². The van der Waals surface area contributed by atoms with Crippen LogP contribution in [0.1, 0.15) is 34.9 Å². The molecule has 26 heavy (non-hydrogen) atoms. The molecular formula is C21H25N3O2. The van der Waals surface area contributed by atoms with Gasteiger partial charge in [-0.2, -0.15) is 0 Å². The zero-order chi connectivity index (χ0) is 17.7. The number of carbonyl (C=O) groups is 1. The number of hydrogen-bond acceptors (Lipinski definition) is 3. The molecule has 5 nitrogen and oxygen atoms in total. The lowest BCUT2D eigenvalue weighted by atomic mass is 10.1. The first-order chi connectivity index (χ1) is 12.7. The fourth-order valence-corrected chi connectivity index (χ4v) is 4.50. The lowest BCUT2D eigenvalue weighted by Gasteiger charge is -2.38. The molecule has 0 radical (unpaired) electrons. The Balaban J connectivity index is 1.37. The highest BCUT2D eigenvalue weighted by Gasteiger charge is 2.46. The molecule has 2 fully saturated rings. The van der Waals surface area contributed by atoms with Crippen molar-refractivity contribution in [3.05, 3.63) is 53.9 Å². The molecular weight excluding hydrogens is 326 g/mol. The number of aromatic nitrogens is 1. The van der Waals surface area contributed by atoms with Crippen LogP contribution in [-0.2, 0) is 6.54 Å². The summed E-state index contributed by atoms with van der Waals surface area (Å²) in [4.78, 5) is 17.6. The van der Waals surface area contributed by atoms with E-state index in [0.717, 1.165) is 43.5 Å². The number of methoxy groups -OCH3 is 1. The molecule has 0 N–H and O–H groups in total. The molecule has 2 unspecified atom stereocenters. The predicted octanol–water partition coefficient (Wildman–Crippen LogP) is 2.79. The Labute approximate surface area is 154 Å². The van der Waals surface area contributed by atoms with Gasteiger partial charge in [-0.15, -0.1) is 0 Å². The van der Waals surface area contributed by atoms with Crippen LogP contribution in [0.3, 0.4) is 0 Å². The summed E-state index contributed by atoms with van der Waals surface area (Å²) in [6.45, 7) is 3.79. The normalized spacial score (nSPS) is 25.3. The number of fused-ring (bicyclic) bond motifs is 3. The van der Waals surface area contributed by atoms with Gasteiger partial charge in [-0.25, -0.2) is 0 Å². The maximum Gasteiger partial charge on any atom is 0.270 e. The van der Waals surface area contributed by atoms with Gasteiger partial charge in [0.05, 0.1) is 19.2 Å². The van der Waals surface area contributed by atoms with E-state index in [1.54, 1.807) is 7.11 Å². The minimum absolute atomic E-state index is 0.217. The number of benzene rings is 1. The van der Waals surface area contributed by atoms with Crippen LogP contribution in [-0.4, -0.2) is 53.1 Å². The van der Waals surface area contributed by atoms with Crippen LogP contribution in [0.5, 0.6) is 5.75 Å². The average Bonchev–Trinajstić information content (AvgIpc) is 3.17. The van der Waals surface area contributed by atoms with Crippen LogP contribution >= 0.6 is 0 Å². The number of ether oxygens (including phenoxy) is 1. The van der Waals surface area contributed by atoms with E-state index in [1.807, 2.05) is 24.3 Å². The van der Waals surface area contributed by atoms with E-state index in [2.05, 4.69) is 32.7 Å². The third-order valence-electron chi connectivity index (χ3n) is 6.07. The largest absolute Gasteiger partial charge is 0.497 e. The third kappa shape index (κ3) is 2.71. The van der Waals surface area contributed by atoms with E-state index >= 15 is 0 Å². The summed E-state index contributed by atoms with van der Waals surface area (Å²) in [7, 11) is 1.69. The molecule has 1 aliphatic carbocycles. The van der Waals surface area contributed by atoms with E-state index in [0.29, 0.717) is 12.1 Å². The van der Waals surface area contributed by atoms with Crippen LogP contribution < -0.4 is 4.74 Å². The monoisotopic (exact) mass is 351 g/mol. The Morgan fingerprint density at radius 1 is 1.08 bits per heavy atom. The second-order valence-electron chi connectivity index (χ2n) is 7.88. The van der Waals surface area contributed by atoms with Gasteiger partial charge in [0.15, 0.2) is 0 Å². The molecule has 0 bridgehead atoms. The molecule has 2 atom stereocenters. The first-order valence-electron chi connectivity index (χ1n) is 9.56. The second kappa shape index (κ2) is 6.16. The first kappa shape index (κ1) is 15.9. The highest BCUT2D eigenvalue weighted by atomic mass is 16.5. The van der Waals surface area contributed by atoms with Gasteiger partial charge in [0, 0.05) is 32.4 Å². The van der Waals surface area contributed by atoms with Gasteiger partial charge in [0.25, 0.3) is 5.91 Å². The Kier molecular flexibility index (Phi) is 3.78. The predicted molar refractivity (Wildman–Crippen MR) is 99.3 cm³/mol. The molecule has 5 heteroatoms. The van der Waals surface area contributed by atoms with Gasteiger partial charge in [-0.3, -0.25) is 9.69 Å². The summed E-state index contributed by atoms with van der Waals surface area (Å²) in [6, 6.07) is 13.0. The minimum atomic E-state index is 0.217. The summed E-state index contributed by atoms with van der Waals surface area (Å²) in [5.74, 6) is 1.83. The van der Waals surface area contributed by atoms with Crippen molar-refractivity contribution in [2.45, 2.75) is 31.5 Å². The van der Waals surface area contributed by atoms with Crippen LogP contribution in [0, 0.1) is 5.92 Å². The molecule has 136 valence electrons. The number of rotatable bonds is 5. The van der Waals surface area contributed by atoms with Crippen molar-refractivity contribution in [3.63, 3.8) is 0 Å². The van der Waals surface area contributed by atoms with Crippen molar-refractivity contribution >= 4 is 5.91 Å². The van der Waals surface area contributed by atoms with Crippen molar-refractivity contribution in [1.82, 2.24) is 14.4 Å². The van der Waals surface area contributed by atoms with Crippen molar-refractivity contribution in [2.75, 3.05) is 26.7 Å². The van der Waals surface area contributed by atoms with Crippen molar-refractivity contribution < 1.29 is 9.53 Å². The number of nitrogens with zero attached hydrogens (tertiary/aromatic N) is 3. The SMILES string of the molecule is COc1ccc(CN2CC3C(C2)n2cccc2C(=O)N3CC2CC2)cc1. The quantitative estimate of drug-likeness (QED) is 0.831. The first-order valence-corrected chi connectivity index (χ1v) is 9.56. The van der Waals surface area contributed by atoms with Crippen molar-refractivity contribution in [3.8, 4) is 5.75 Å². The minimum Gasteiger partial charge on any atom is -0.497 e. The van der Waals surface area contributed by atoms with Crippen LogP contribution in [0.25, 0.3) is 0 Å². The Morgan fingerprint density at radius 2 is 1.85 bits per heavy atom. The van der Waals surface area contributed by atoms with Crippen molar-refractivity contribution in [2.24, 2.45) is 5.92 Å². The van der Waals surface area contributed by atoms with Crippen LogP contribution in [0.4, 0.5) is 0 Å². The molecule has 1 saturated heterocycles. The molecule has 0 spiro atoms. The molecule has 1 aromatic heterocycles. The smallest absolute Gasteiger partial charge is 0.270 e. The highest BCUT2D eigenvalue weighted by molar-refractivity contribution is 5.94. The zero-order valence-corrected chi connectivity index (χ0v) is 15.2. The maximum atomic E-state index is 13.0. The van der Waals surface area contributed by atoms with E-state index in [-0.39, 0.29) is 5.91 Å². The number of likely N-dealkylation sites (tertiary alicyclic amines) is 1. The fraction of sp³-hybridized carbons (Fsp3) is 0.476. The summed E-state index contributed by atoms with van der Waals surface area (Å²) in [5.41, 5.74) is 2.15. The van der Waals surface area contributed by atoms with Crippen LogP contribution in [0.15, 0.2) is 42.6 Å². The third-order valence-corrected chi connectivity index (χ3v) is 6.07. The van der Waals surface area contributed by atoms with Gasteiger partial charge in [-0.1, -0.05) is 12.1 Å². The summed E-state index contributed by atoms with van der Waals surface area (Å²) >= 11 is 0. The number of carbonyl (C=O) groups excluding carboxylic acids is 1. The summed E-state index contributed by atoms with van der Waals surface area (Å²) < 4.78 is 7.47. The summed E-state index contributed by atoms with van der Waals surface area (Å²) in [6.07, 6.45) is 4.63. The lowest BCUT2D eigenvalue weighted by molar-refractivity contribution is 0.0565. The molecule has 3 aliphatic rings. The zero-order valence-electron chi connectivity index (χ0n) is 15.2. The Bertz CT molecular complexity index is 809. The Morgan fingerprint density at radius 3 is 2.58 bits per heavy atom. The van der Waals surface area contributed by atoms with E-state index < -0.39 is 0 Å². The van der Waals surface area contributed by atoms with Gasteiger partial charge in [0.1, 0.15) is 11.4 Å². The molecule has 1 aromatic carbocycles. The summed E-state index contributed by atoms with van der Waals surface area (Å²) in [5, 5.41) is 0. The highest BCUT2D eigenvalue weighted by Crippen LogP contribution is 2.38. The fourth-order valence-electron chi connectivity index (χ4n) is 4.50. The molecule has 3 heterocycles. The van der Waals surface area contributed by atoms with Crippen molar-refractivity contribution in [1.29, 1.82) is 0 Å². The van der Waals surface area contributed by atoms with E-state index in [4.69, 9.17) is 4.74 Å².